The Morgan fingerprint density at radius 3 is 2.14 bits per heavy atom. The Balaban J connectivity index is 2.35. The smallest absolute Gasteiger partial charge is 0.249 e. The van der Waals surface area contributed by atoms with Crippen LogP contribution in [0.15, 0.2) is 0 Å². The molecule has 120 valence electrons. The zero-order chi connectivity index (χ0) is 16.1. The van der Waals surface area contributed by atoms with E-state index in [1.165, 1.54) is 0 Å². The van der Waals surface area contributed by atoms with Crippen molar-refractivity contribution in [3.05, 3.63) is 0 Å². The second-order valence-electron chi connectivity index (χ2n) is 8.68. The highest BCUT2D eigenvalue weighted by atomic mass is 16.2. The third kappa shape index (κ3) is 2.95. The van der Waals surface area contributed by atoms with Gasteiger partial charge in [-0.3, -0.25) is 9.59 Å². The van der Waals surface area contributed by atoms with Crippen molar-refractivity contribution in [3.63, 3.8) is 0 Å². The second-order valence-corrected chi connectivity index (χ2v) is 8.68. The van der Waals surface area contributed by atoms with Crippen LogP contribution in [0.1, 0.15) is 73.6 Å². The van der Waals surface area contributed by atoms with E-state index in [4.69, 9.17) is 0 Å². The maximum absolute atomic E-state index is 13.1. The Kier molecular flexibility index (Phi) is 3.88. The second kappa shape index (κ2) is 4.99. The molecule has 1 aliphatic heterocycles. The molecule has 1 spiro atoms. The molecule has 0 aromatic heterocycles. The first-order valence-electron chi connectivity index (χ1n) is 8.14. The Labute approximate surface area is 128 Å². The Bertz CT molecular complexity index is 442. The molecule has 0 aromatic carbocycles. The molecule has 2 fully saturated rings. The van der Waals surface area contributed by atoms with Crippen molar-refractivity contribution in [2.24, 2.45) is 5.41 Å². The number of carbonyl (C=O) groups is 2. The molecule has 4 nitrogen and oxygen atoms in total. The number of nitrogens with one attached hydrogen (secondary N) is 1. The summed E-state index contributed by atoms with van der Waals surface area (Å²) in [5, 5.41) is 3.03. The summed E-state index contributed by atoms with van der Waals surface area (Å²) in [4.78, 5) is 27.4. The molecule has 1 saturated carbocycles. The highest BCUT2D eigenvalue weighted by Crippen LogP contribution is 2.40. The van der Waals surface area contributed by atoms with Crippen molar-refractivity contribution in [1.29, 1.82) is 0 Å². The lowest BCUT2D eigenvalue weighted by Gasteiger charge is -2.52. The molecule has 2 amide bonds. The minimum atomic E-state index is -0.626. The van der Waals surface area contributed by atoms with E-state index in [0.29, 0.717) is 0 Å². The average molecular weight is 294 g/mol. The van der Waals surface area contributed by atoms with Crippen LogP contribution in [0.4, 0.5) is 0 Å². The number of rotatable bonds is 2. The zero-order valence-electron chi connectivity index (χ0n) is 14.4. The number of carbonyl (C=O) groups excluding carboxylic acids is 2. The molecule has 2 aliphatic rings. The van der Waals surface area contributed by atoms with E-state index in [1.54, 1.807) is 0 Å². The number of nitrogens with zero attached hydrogens (tertiary/aromatic N) is 1. The molecule has 4 heteroatoms. The van der Waals surface area contributed by atoms with E-state index in [1.807, 2.05) is 11.8 Å². The fourth-order valence-electron chi connectivity index (χ4n) is 4.42. The summed E-state index contributed by atoms with van der Waals surface area (Å²) >= 11 is 0. The van der Waals surface area contributed by atoms with Crippen LogP contribution in [0.3, 0.4) is 0 Å². The number of hydrogen-bond donors (Lipinski definition) is 1. The first-order valence-corrected chi connectivity index (χ1v) is 8.14. The molecule has 1 atom stereocenters. The molecule has 0 bridgehead atoms. The maximum Gasteiger partial charge on any atom is 0.249 e. The van der Waals surface area contributed by atoms with Crippen LogP contribution < -0.4 is 5.32 Å². The molecule has 21 heavy (non-hydrogen) atoms. The summed E-state index contributed by atoms with van der Waals surface area (Å²) in [6.07, 6.45) is 4.49. The van der Waals surface area contributed by atoms with E-state index < -0.39 is 5.54 Å². The van der Waals surface area contributed by atoms with Crippen LogP contribution >= 0.6 is 0 Å². The lowest BCUT2D eigenvalue weighted by molar-refractivity contribution is -0.162. The largest absolute Gasteiger partial charge is 0.340 e. The Hall–Kier alpha value is -1.06. The van der Waals surface area contributed by atoms with Crippen molar-refractivity contribution in [2.75, 3.05) is 0 Å². The average Bonchev–Trinajstić information content (AvgIpc) is 2.73. The molecule has 1 saturated heterocycles. The van der Waals surface area contributed by atoms with Gasteiger partial charge in [-0.2, -0.15) is 0 Å². The zero-order valence-corrected chi connectivity index (χ0v) is 14.4. The summed E-state index contributed by atoms with van der Waals surface area (Å²) < 4.78 is 0. The number of amides is 2. The molecule has 2 rings (SSSR count). The third-order valence-corrected chi connectivity index (χ3v) is 4.83. The molecule has 0 radical (unpaired) electrons. The predicted molar refractivity (Wildman–Crippen MR) is 83.8 cm³/mol. The fourth-order valence-corrected chi connectivity index (χ4v) is 4.42. The van der Waals surface area contributed by atoms with Crippen molar-refractivity contribution >= 4 is 11.8 Å². The van der Waals surface area contributed by atoms with Crippen molar-refractivity contribution in [1.82, 2.24) is 10.2 Å². The summed E-state index contributed by atoms with van der Waals surface area (Å²) in [6.45, 7) is 12.6. The van der Waals surface area contributed by atoms with Gasteiger partial charge in [-0.15, -0.1) is 0 Å². The van der Waals surface area contributed by atoms with Crippen LogP contribution in [-0.2, 0) is 9.59 Å². The maximum atomic E-state index is 13.1. The lowest BCUT2D eigenvalue weighted by atomic mass is 9.78. The van der Waals surface area contributed by atoms with Crippen molar-refractivity contribution in [3.8, 4) is 0 Å². The molecule has 1 heterocycles. The van der Waals surface area contributed by atoms with Crippen LogP contribution in [0.25, 0.3) is 0 Å². The fraction of sp³-hybridized carbons (Fsp3) is 0.882. The molecular formula is C17H30N2O2. The molecular weight excluding hydrogens is 264 g/mol. The van der Waals surface area contributed by atoms with Crippen LogP contribution in [0.2, 0.25) is 0 Å². The minimum Gasteiger partial charge on any atom is -0.340 e. The highest BCUT2D eigenvalue weighted by Gasteiger charge is 2.54. The minimum absolute atomic E-state index is 0.00140. The van der Waals surface area contributed by atoms with E-state index in [-0.39, 0.29) is 28.8 Å². The standard InChI is InChI=1S/C17H30N2O2/c1-12-13(20)18-17(9-7-8-10-17)14(21)19(12)16(5,6)11-15(2,3)4/h12H,7-11H2,1-6H3,(H,18,20). The Morgan fingerprint density at radius 1 is 1.14 bits per heavy atom. The van der Waals surface area contributed by atoms with Gasteiger partial charge in [-0.25, -0.2) is 0 Å². The van der Waals surface area contributed by atoms with E-state index in [0.717, 1.165) is 32.1 Å². The Morgan fingerprint density at radius 2 is 1.67 bits per heavy atom. The van der Waals surface area contributed by atoms with Crippen LogP contribution in [0, 0.1) is 5.41 Å². The number of piperazine rings is 1. The summed E-state index contributed by atoms with van der Waals surface area (Å²) in [6, 6.07) is -0.388. The van der Waals surface area contributed by atoms with Gasteiger partial charge in [-0.1, -0.05) is 33.6 Å². The van der Waals surface area contributed by atoms with Crippen molar-refractivity contribution in [2.45, 2.75) is 90.8 Å². The summed E-state index contributed by atoms with van der Waals surface area (Å²) in [7, 11) is 0. The van der Waals surface area contributed by atoms with E-state index in [2.05, 4.69) is 39.9 Å². The molecule has 0 aromatic rings. The highest BCUT2D eigenvalue weighted by molar-refractivity contribution is 6.00. The monoisotopic (exact) mass is 294 g/mol. The van der Waals surface area contributed by atoms with Crippen LogP contribution in [0.5, 0.6) is 0 Å². The van der Waals surface area contributed by atoms with Gasteiger partial charge in [0.1, 0.15) is 11.6 Å². The first kappa shape index (κ1) is 16.3. The molecule has 1 N–H and O–H groups in total. The topological polar surface area (TPSA) is 49.4 Å². The normalized spacial score (nSPS) is 26.4. The molecule has 1 unspecified atom stereocenters. The van der Waals surface area contributed by atoms with Gasteiger partial charge in [0.05, 0.1) is 0 Å². The molecule has 1 aliphatic carbocycles. The third-order valence-electron chi connectivity index (χ3n) is 4.83. The first-order chi connectivity index (χ1) is 9.49. The van der Waals surface area contributed by atoms with Gasteiger partial charge >= 0.3 is 0 Å². The lowest BCUT2D eigenvalue weighted by Crippen LogP contribution is -2.72. The SMILES string of the molecule is CC1C(=O)NC2(CCCC2)C(=O)N1C(C)(C)CC(C)(C)C. The van der Waals surface area contributed by atoms with Gasteiger partial charge in [0.15, 0.2) is 0 Å². The van der Waals surface area contributed by atoms with Gasteiger partial charge in [-0.05, 0) is 45.4 Å². The van der Waals surface area contributed by atoms with E-state index in [9.17, 15) is 9.59 Å². The van der Waals surface area contributed by atoms with E-state index >= 15 is 0 Å². The summed E-state index contributed by atoms with van der Waals surface area (Å²) in [5.41, 5.74) is -0.832. The quantitative estimate of drug-likeness (QED) is 0.851. The van der Waals surface area contributed by atoms with Gasteiger partial charge in [0, 0.05) is 5.54 Å². The summed E-state index contributed by atoms with van der Waals surface area (Å²) in [5.74, 6) is 0.125. The van der Waals surface area contributed by atoms with Gasteiger partial charge < -0.3 is 10.2 Å². The van der Waals surface area contributed by atoms with Gasteiger partial charge in [0.25, 0.3) is 0 Å². The van der Waals surface area contributed by atoms with Crippen LogP contribution in [-0.4, -0.2) is 33.8 Å². The predicted octanol–water partition coefficient (Wildman–Crippen LogP) is 2.86. The van der Waals surface area contributed by atoms with Crippen molar-refractivity contribution < 1.29 is 9.59 Å². The van der Waals surface area contributed by atoms with Gasteiger partial charge in [0.2, 0.25) is 11.8 Å². The number of hydrogen-bond acceptors (Lipinski definition) is 2.